The first-order valence-electron chi connectivity index (χ1n) is 6.97. The molecule has 1 heterocycles. The second kappa shape index (κ2) is 7.52. The minimum atomic E-state index is 0.874. The lowest BCUT2D eigenvalue weighted by molar-refractivity contribution is 0.0342. The third-order valence-electron chi connectivity index (χ3n) is 3.29. The Hall–Kier alpha value is -0.900. The zero-order valence-corrected chi connectivity index (χ0v) is 11.3. The highest BCUT2D eigenvalue weighted by molar-refractivity contribution is 5.22. The van der Waals surface area contributed by atoms with Crippen LogP contribution in [-0.4, -0.2) is 37.7 Å². The van der Waals surface area contributed by atoms with E-state index in [0.29, 0.717) is 0 Å². The van der Waals surface area contributed by atoms with Gasteiger partial charge < -0.3 is 10.1 Å². The third-order valence-corrected chi connectivity index (χ3v) is 3.29. The number of rotatable bonds is 6. The standard InChI is InChI=1S/C15H24N2O/c1-2-7-16-12-14-3-5-15(6-4-14)13-17-8-10-18-11-9-17/h3-6,16H,2,7-13H2,1H3. The van der Waals surface area contributed by atoms with Crippen molar-refractivity contribution in [2.24, 2.45) is 0 Å². The molecule has 0 aliphatic carbocycles. The molecule has 0 aromatic heterocycles. The van der Waals surface area contributed by atoms with E-state index in [1.165, 1.54) is 17.5 Å². The van der Waals surface area contributed by atoms with Gasteiger partial charge in [-0.15, -0.1) is 0 Å². The highest BCUT2D eigenvalue weighted by atomic mass is 16.5. The Labute approximate surface area is 110 Å². The van der Waals surface area contributed by atoms with Crippen molar-refractivity contribution in [2.45, 2.75) is 26.4 Å². The van der Waals surface area contributed by atoms with Crippen molar-refractivity contribution < 1.29 is 4.74 Å². The lowest BCUT2D eigenvalue weighted by Gasteiger charge is -2.26. The molecule has 1 saturated heterocycles. The van der Waals surface area contributed by atoms with Crippen LogP contribution in [0.2, 0.25) is 0 Å². The third kappa shape index (κ3) is 4.41. The Morgan fingerprint density at radius 1 is 1.11 bits per heavy atom. The van der Waals surface area contributed by atoms with Gasteiger partial charge in [0.25, 0.3) is 0 Å². The average Bonchev–Trinajstić information content (AvgIpc) is 2.42. The fourth-order valence-corrected chi connectivity index (χ4v) is 2.19. The van der Waals surface area contributed by atoms with Crippen LogP contribution in [0.25, 0.3) is 0 Å². The summed E-state index contributed by atoms with van der Waals surface area (Å²) in [5.74, 6) is 0. The summed E-state index contributed by atoms with van der Waals surface area (Å²) in [6.45, 7) is 9.17. The maximum atomic E-state index is 5.36. The fraction of sp³-hybridized carbons (Fsp3) is 0.600. The fourth-order valence-electron chi connectivity index (χ4n) is 2.19. The summed E-state index contributed by atoms with van der Waals surface area (Å²) in [7, 11) is 0. The molecule has 1 aromatic rings. The average molecular weight is 248 g/mol. The van der Waals surface area contributed by atoms with E-state index in [0.717, 1.165) is 45.9 Å². The van der Waals surface area contributed by atoms with Crippen molar-refractivity contribution >= 4 is 0 Å². The summed E-state index contributed by atoms with van der Waals surface area (Å²) in [6.07, 6.45) is 1.19. The number of nitrogens with one attached hydrogen (secondary N) is 1. The number of nitrogens with zero attached hydrogens (tertiary/aromatic N) is 1. The highest BCUT2D eigenvalue weighted by Gasteiger charge is 2.10. The summed E-state index contributed by atoms with van der Waals surface area (Å²) in [5.41, 5.74) is 2.77. The molecule has 1 fully saturated rings. The maximum absolute atomic E-state index is 5.36. The Bertz CT molecular complexity index is 331. The lowest BCUT2D eigenvalue weighted by atomic mass is 10.1. The first kappa shape index (κ1) is 13.5. The SMILES string of the molecule is CCCNCc1ccc(CN2CCOCC2)cc1. The topological polar surface area (TPSA) is 24.5 Å². The molecule has 0 saturated carbocycles. The second-order valence-corrected chi connectivity index (χ2v) is 4.88. The van der Waals surface area contributed by atoms with Crippen molar-refractivity contribution in [3.05, 3.63) is 35.4 Å². The molecule has 1 aliphatic heterocycles. The van der Waals surface area contributed by atoms with Gasteiger partial charge in [-0.3, -0.25) is 4.90 Å². The Morgan fingerprint density at radius 2 is 1.78 bits per heavy atom. The van der Waals surface area contributed by atoms with E-state index in [1.807, 2.05) is 0 Å². The molecule has 1 N–H and O–H groups in total. The van der Waals surface area contributed by atoms with Crippen molar-refractivity contribution in [3.8, 4) is 0 Å². The molecular formula is C15H24N2O. The molecule has 1 aliphatic rings. The molecule has 0 amide bonds. The second-order valence-electron chi connectivity index (χ2n) is 4.88. The summed E-state index contributed by atoms with van der Waals surface area (Å²) in [6, 6.07) is 8.97. The van der Waals surface area contributed by atoms with Crippen LogP contribution in [0.15, 0.2) is 24.3 Å². The molecule has 0 unspecified atom stereocenters. The predicted molar refractivity (Wildman–Crippen MR) is 74.5 cm³/mol. The van der Waals surface area contributed by atoms with E-state index in [2.05, 4.69) is 41.4 Å². The van der Waals surface area contributed by atoms with E-state index >= 15 is 0 Å². The zero-order valence-electron chi connectivity index (χ0n) is 11.3. The molecule has 0 atom stereocenters. The van der Waals surface area contributed by atoms with E-state index in [4.69, 9.17) is 4.74 Å². The quantitative estimate of drug-likeness (QED) is 0.780. The molecule has 3 heteroatoms. The van der Waals surface area contributed by atoms with Gasteiger partial charge in [-0.25, -0.2) is 0 Å². The Kier molecular flexibility index (Phi) is 5.65. The number of ether oxygens (including phenoxy) is 1. The minimum absolute atomic E-state index is 0.874. The number of morpholine rings is 1. The first-order valence-corrected chi connectivity index (χ1v) is 6.97. The largest absolute Gasteiger partial charge is 0.379 e. The van der Waals surface area contributed by atoms with Gasteiger partial charge in [0.15, 0.2) is 0 Å². The number of hydrogen-bond donors (Lipinski definition) is 1. The van der Waals surface area contributed by atoms with Crippen LogP contribution in [0.4, 0.5) is 0 Å². The van der Waals surface area contributed by atoms with Crippen LogP contribution in [0, 0.1) is 0 Å². The molecule has 18 heavy (non-hydrogen) atoms. The number of benzene rings is 1. The van der Waals surface area contributed by atoms with Gasteiger partial charge in [0.1, 0.15) is 0 Å². The molecule has 3 nitrogen and oxygen atoms in total. The normalized spacial score (nSPS) is 16.9. The van der Waals surface area contributed by atoms with Crippen LogP contribution < -0.4 is 5.32 Å². The van der Waals surface area contributed by atoms with Gasteiger partial charge in [-0.1, -0.05) is 31.2 Å². The van der Waals surface area contributed by atoms with Crippen LogP contribution in [-0.2, 0) is 17.8 Å². The van der Waals surface area contributed by atoms with Crippen molar-refractivity contribution in [2.75, 3.05) is 32.8 Å². The van der Waals surface area contributed by atoms with E-state index in [-0.39, 0.29) is 0 Å². The van der Waals surface area contributed by atoms with E-state index < -0.39 is 0 Å². The van der Waals surface area contributed by atoms with Gasteiger partial charge >= 0.3 is 0 Å². The Balaban J connectivity index is 1.79. The molecular weight excluding hydrogens is 224 g/mol. The van der Waals surface area contributed by atoms with E-state index in [1.54, 1.807) is 0 Å². The predicted octanol–water partition coefficient (Wildman–Crippen LogP) is 2.02. The summed E-state index contributed by atoms with van der Waals surface area (Å²) in [4.78, 5) is 2.45. The molecule has 0 radical (unpaired) electrons. The maximum Gasteiger partial charge on any atom is 0.0594 e. The van der Waals surface area contributed by atoms with Gasteiger partial charge in [0, 0.05) is 26.2 Å². The lowest BCUT2D eigenvalue weighted by Crippen LogP contribution is -2.35. The first-order chi connectivity index (χ1) is 8.88. The monoisotopic (exact) mass is 248 g/mol. The van der Waals surface area contributed by atoms with Crippen molar-refractivity contribution in [1.82, 2.24) is 10.2 Å². The molecule has 0 spiro atoms. The van der Waals surface area contributed by atoms with Crippen molar-refractivity contribution in [3.63, 3.8) is 0 Å². The molecule has 0 bridgehead atoms. The molecule has 2 rings (SSSR count). The van der Waals surface area contributed by atoms with Crippen molar-refractivity contribution in [1.29, 1.82) is 0 Å². The summed E-state index contributed by atoms with van der Waals surface area (Å²) in [5, 5.41) is 3.43. The van der Waals surface area contributed by atoms with Gasteiger partial charge in [0.2, 0.25) is 0 Å². The van der Waals surface area contributed by atoms with Crippen LogP contribution >= 0.6 is 0 Å². The molecule has 100 valence electrons. The molecule has 1 aromatic carbocycles. The van der Waals surface area contributed by atoms with Gasteiger partial charge in [0.05, 0.1) is 13.2 Å². The zero-order chi connectivity index (χ0) is 12.6. The number of hydrogen-bond acceptors (Lipinski definition) is 3. The van der Waals surface area contributed by atoms with Crippen LogP contribution in [0.1, 0.15) is 24.5 Å². The summed E-state index contributed by atoms with van der Waals surface area (Å²) < 4.78 is 5.36. The Morgan fingerprint density at radius 3 is 2.44 bits per heavy atom. The van der Waals surface area contributed by atoms with Gasteiger partial charge in [-0.05, 0) is 24.1 Å². The highest BCUT2D eigenvalue weighted by Crippen LogP contribution is 2.09. The van der Waals surface area contributed by atoms with Crippen LogP contribution in [0.5, 0.6) is 0 Å². The van der Waals surface area contributed by atoms with Crippen LogP contribution in [0.3, 0.4) is 0 Å². The summed E-state index contributed by atoms with van der Waals surface area (Å²) >= 11 is 0. The minimum Gasteiger partial charge on any atom is -0.379 e. The van der Waals surface area contributed by atoms with Gasteiger partial charge in [-0.2, -0.15) is 0 Å². The van der Waals surface area contributed by atoms with E-state index in [9.17, 15) is 0 Å². The smallest absolute Gasteiger partial charge is 0.0594 e.